The van der Waals surface area contributed by atoms with E-state index in [9.17, 15) is 13.2 Å². The Hall–Kier alpha value is -0.940. The lowest BCUT2D eigenvalue weighted by molar-refractivity contribution is -0.137. The molecule has 6 heteroatoms. The van der Waals surface area contributed by atoms with Crippen LogP contribution < -0.4 is 5.32 Å². The second-order valence-electron chi connectivity index (χ2n) is 5.68. The Morgan fingerprint density at radius 1 is 1.33 bits per heavy atom. The van der Waals surface area contributed by atoms with Crippen LogP contribution in [0.5, 0.6) is 0 Å². The van der Waals surface area contributed by atoms with Gasteiger partial charge in [-0.15, -0.1) is 0 Å². The number of nitrogens with one attached hydrogen (secondary N) is 1. The Morgan fingerprint density at radius 2 is 2.05 bits per heavy atom. The van der Waals surface area contributed by atoms with Crippen LogP contribution in [0.25, 0.3) is 0 Å². The summed E-state index contributed by atoms with van der Waals surface area (Å²) >= 11 is 5.96. The highest BCUT2D eigenvalue weighted by Crippen LogP contribution is 2.39. The van der Waals surface area contributed by atoms with Crippen molar-refractivity contribution in [3.63, 3.8) is 0 Å². The van der Waals surface area contributed by atoms with Gasteiger partial charge < -0.3 is 10.1 Å². The molecule has 118 valence electrons. The molecule has 0 radical (unpaired) electrons. The lowest BCUT2D eigenvalue weighted by Crippen LogP contribution is -2.37. The molecule has 0 aromatic heterocycles. The van der Waals surface area contributed by atoms with Gasteiger partial charge in [0.1, 0.15) is 0 Å². The summed E-state index contributed by atoms with van der Waals surface area (Å²) in [6.07, 6.45) is -3.00. The molecule has 0 aliphatic carbocycles. The average Bonchev–Trinajstić information content (AvgIpc) is 2.40. The fourth-order valence-corrected chi connectivity index (χ4v) is 2.76. The second kappa shape index (κ2) is 6.44. The zero-order chi connectivity index (χ0) is 15.6. The number of ether oxygens (including phenoxy) is 1. The minimum absolute atomic E-state index is 0.0268. The molecule has 2 rings (SSSR count). The van der Waals surface area contributed by atoms with E-state index in [1.165, 1.54) is 12.1 Å². The van der Waals surface area contributed by atoms with Crippen LogP contribution in [0.4, 0.5) is 18.9 Å². The standard InChI is InChI=1S/C15H19ClF3NO/c1-9(2)13-8-10(6-7-21-13)20-14-11(15(17,18)19)4-3-5-12(14)16/h3-5,9-10,13,20H,6-8H2,1-2H3. The average molecular weight is 322 g/mol. The summed E-state index contributed by atoms with van der Waals surface area (Å²) in [5.74, 6) is 0.336. The SMILES string of the molecule is CC(C)C1CC(Nc2c(Cl)cccc2C(F)(F)F)CCO1. The van der Waals surface area contributed by atoms with Crippen molar-refractivity contribution in [2.75, 3.05) is 11.9 Å². The molecule has 1 fully saturated rings. The zero-order valence-corrected chi connectivity index (χ0v) is 12.8. The van der Waals surface area contributed by atoms with E-state index >= 15 is 0 Å². The highest BCUT2D eigenvalue weighted by molar-refractivity contribution is 6.33. The minimum Gasteiger partial charge on any atom is -0.380 e. The third-order valence-electron chi connectivity index (χ3n) is 3.73. The molecule has 1 N–H and O–H groups in total. The van der Waals surface area contributed by atoms with E-state index in [2.05, 4.69) is 5.32 Å². The van der Waals surface area contributed by atoms with E-state index in [1.807, 2.05) is 13.8 Å². The summed E-state index contributed by atoms with van der Waals surface area (Å²) in [5.41, 5.74) is -0.747. The quantitative estimate of drug-likeness (QED) is 0.848. The van der Waals surface area contributed by atoms with E-state index in [-0.39, 0.29) is 22.9 Å². The van der Waals surface area contributed by atoms with E-state index in [0.717, 1.165) is 6.07 Å². The predicted molar refractivity (Wildman–Crippen MR) is 77.7 cm³/mol. The van der Waals surface area contributed by atoms with Crippen LogP contribution in [-0.2, 0) is 10.9 Å². The van der Waals surface area contributed by atoms with Gasteiger partial charge in [0.05, 0.1) is 22.4 Å². The number of para-hydroxylation sites is 1. The first-order valence-electron chi connectivity index (χ1n) is 7.03. The van der Waals surface area contributed by atoms with Gasteiger partial charge in [-0.1, -0.05) is 31.5 Å². The third-order valence-corrected chi connectivity index (χ3v) is 4.04. The number of hydrogen-bond donors (Lipinski definition) is 1. The van der Waals surface area contributed by atoms with Gasteiger partial charge in [-0.2, -0.15) is 13.2 Å². The largest absolute Gasteiger partial charge is 0.418 e. The van der Waals surface area contributed by atoms with Crippen molar-refractivity contribution in [2.45, 2.75) is 45.0 Å². The Labute approximate surface area is 127 Å². The maximum atomic E-state index is 13.1. The molecule has 0 amide bonds. The maximum absolute atomic E-state index is 13.1. The van der Waals surface area contributed by atoms with Gasteiger partial charge >= 0.3 is 6.18 Å². The molecular formula is C15H19ClF3NO. The van der Waals surface area contributed by atoms with Crippen molar-refractivity contribution in [3.8, 4) is 0 Å². The molecule has 0 spiro atoms. The fraction of sp³-hybridized carbons (Fsp3) is 0.600. The van der Waals surface area contributed by atoms with E-state index in [1.54, 1.807) is 0 Å². The van der Waals surface area contributed by atoms with E-state index in [0.29, 0.717) is 25.4 Å². The summed E-state index contributed by atoms with van der Waals surface area (Å²) < 4.78 is 44.8. The Morgan fingerprint density at radius 3 is 2.67 bits per heavy atom. The Balaban J connectivity index is 2.19. The van der Waals surface area contributed by atoms with Crippen molar-refractivity contribution in [1.82, 2.24) is 0 Å². The highest BCUT2D eigenvalue weighted by Gasteiger charge is 2.35. The fourth-order valence-electron chi connectivity index (χ4n) is 2.53. The van der Waals surface area contributed by atoms with Gasteiger partial charge in [0, 0.05) is 12.6 Å². The Bertz CT molecular complexity index is 490. The summed E-state index contributed by atoms with van der Waals surface area (Å²) in [6, 6.07) is 3.77. The predicted octanol–water partition coefficient (Wildman–Crippen LogP) is 4.97. The summed E-state index contributed by atoms with van der Waals surface area (Å²) in [4.78, 5) is 0. The van der Waals surface area contributed by atoms with Gasteiger partial charge in [0.2, 0.25) is 0 Å². The molecule has 1 aromatic rings. The molecular weight excluding hydrogens is 303 g/mol. The molecule has 2 unspecified atom stereocenters. The van der Waals surface area contributed by atoms with Crippen LogP contribution in [0.3, 0.4) is 0 Å². The van der Waals surface area contributed by atoms with Gasteiger partial charge in [0.15, 0.2) is 0 Å². The molecule has 21 heavy (non-hydrogen) atoms. The number of rotatable bonds is 3. The number of halogens is 4. The second-order valence-corrected chi connectivity index (χ2v) is 6.09. The molecule has 0 saturated carbocycles. The van der Waals surface area contributed by atoms with Crippen LogP contribution >= 0.6 is 11.6 Å². The van der Waals surface area contributed by atoms with Crippen molar-refractivity contribution in [1.29, 1.82) is 0 Å². The summed E-state index contributed by atoms with van der Waals surface area (Å²) in [6.45, 7) is 4.64. The van der Waals surface area contributed by atoms with E-state index in [4.69, 9.17) is 16.3 Å². The molecule has 1 aliphatic heterocycles. The monoisotopic (exact) mass is 321 g/mol. The minimum atomic E-state index is -4.42. The normalized spacial score (nSPS) is 23.4. The lowest BCUT2D eigenvalue weighted by atomic mass is 9.95. The molecule has 0 bridgehead atoms. The summed E-state index contributed by atoms with van der Waals surface area (Å²) in [5, 5.41) is 3.07. The van der Waals surface area contributed by atoms with Crippen molar-refractivity contribution >= 4 is 17.3 Å². The first-order chi connectivity index (χ1) is 9.79. The molecule has 1 aromatic carbocycles. The maximum Gasteiger partial charge on any atom is 0.418 e. The number of benzene rings is 1. The van der Waals surface area contributed by atoms with Gasteiger partial charge in [0.25, 0.3) is 0 Å². The van der Waals surface area contributed by atoms with Crippen LogP contribution in [0.2, 0.25) is 5.02 Å². The molecule has 1 heterocycles. The number of alkyl halides is 3. The molecule has 1 aliphatic rings. The first kappa shape index (κ1) is 16.4. The van der Waals surface area contributed by atoms with Crippen LogP contribution in [0.15, 0.2) is 18.2 Å². The number of hydrogen-bond acceptors (Lipinski definition) is 2. The van der Waals surface area contributed by atoms with Crippen LogP contribution in [-0.4, -0.2) is 18.8 Å². The highest BCUT2D eigenvalue weighted by atomic mass is 35.5. The molecule has 2 nitrogen and oxygen atoms in total. The van der Waals surface area contributed by atoms with Crippen LogP contribution in [0.1, 0.15) is 32.3 Å². The topological polar surface area (TPSA) is 21.3 Å². The third kappa shape index (κ3) is 4.04. The Kier molecular flexibility index (Phi) is 5.04. The zero-order valence-electron chi connectivity index (χ0n) is 12.0. The summed E-state index contributed by atoms with van der Waals surface area (Å²) in [7, 11) is 0. The van der Waals surface area contributed by atoms with Gasteiger partial charge in [-0.25, -0.2) is 0 Å². The van der Waals surface area contributed by atoms with Crippen LogP contribution in [0, 0.1) is 5.92 Å². The van der Waals surface area contributed by atoms with Gasteiger partial charge in [-0.3, -0.25) is 0 Å². The number of anilines is 1. The van der Waals surface area contributed by atoms with Crippen molar-refractivity contribution < 1.29 is 17.9 Å². The molecule has 2 atom stereocenters. The smallest absolute Gasteiger partial charge is 0.380 e. The van der Waals surface area contributed by atoms with Crippen molar-refractivity contribution in [2.24, 2.45) is 5.92 Å². The lowest BCUT2D eigenvalue weighted by Gasteiger charge is -2.33. The molecule has 1 saturated heterocycles. The first-order valence-corrected chi connectivity index (χ1v) is 7.40. The van der Waals surface area contributed by atoms with E-state index < -0.39 is 11.7 Å². The van der Waals surface area contributed by atoms with Crippen molar-refractivity contribution in [3.05, 3.63) is 28.8 Å². The van der Waals surface area contributed by atoms with Gasteiger partial charge in [-0.05, 0) is 30.9 Å².